The molecule has 0 unspecified atom stereocenters. The Kier molecular flexibility index (Phi) is 6.08. The van der Waals surface area contributed by atoms with Gasteiger partial charge in [0.1, 0.15) is 5.82 Å². The minimum Gasteiger partial charge on any atom is -0.384 e. The van der Waals surface area contributed by atoms with E-state index in [1.165, 1.54) is 5.56 Å². The average molecular weight is 348 g/mol. The number of aliphatic imine (C=N–C) groups is 1. The number of aryl methyl sites for hydroxylation is 1. The molecule has 136 valence electrons. The number of hydrogen-bond donors (Lipinski definition) is 2. The first-order chi connectivity index (χ1) is 12.7. The molecular formula is C22H28N4. The van der Waals surface area contributed by atoms with Crippen LogP contribution in [0.25, 0.3) is 5.57 Å². The van der Waals surface area contributed by atoms with Crippen molar-refractivity contribution in [2.45, 2.75) is 19.3 Å². The van der Waals surface area contributed by atoms with Crippen molar-refractivity contribution in [3.63, 3.8) is 0 Å². The number of nitrogens with one attached hydrogen (secondary N) is 2. The quantitative estimate of drug-likeness (QED) is 0.816. The number of allylic oxidation sites excluding steroid dienone is 3. The van der Waals surface area contributed by atoms with Crippen LogP contribution in [-0.2, 0) is 6.42 Å². The molecule has 0 aromatic heterocycles. The number of nitrogens with zero attached hydrogens (tertiary/aromatic N) is 2. The Morgan fingerprint density at radius 3 is 2.88 bits per heavy atom. The maximum atomic E-state index is 4.87. The summed E-state index contributed by atoms with van der Waals surface area (Å²) in [6.07, 6.45) is 9.19. The van der Waals surface area contributed by atoms with E-state index in [1.807, 2.05) is 30.3 Å². The summed E-state index contributed by atoms with van der Waals surface area (Å²) in [4.78, 5) is 6.90. The van der Waals surface area contributed by atoms with Crippen molar-refractivity contribution in [3.8, 4) is 0 Å². The van der Waals surface area contributed by atoms with Gasteiger partial charge >= 0.3 is 0 Å². The maximum absolute atomic E-state index is 4.87. The molecule has 4 nitrogen and oxygen atoms in total. The van der Waals surface area contributed by atoms with Gasteiger partial charge in [-0.05, 0) is 49.6 Å². The number of benzene rings is 1. The lowest BCUT2D eigenvalue weighted by molar-refractivity contribution is 0.560. The molecule has 2 aliphatic rings. The summed E-state index contributed by atoms with van der Waals surface area (Å²) < 4.78 is 0. The molecule has 26 heavy (non-hydrogen) atoms. The minimum atomic E-state index is 0.858. The summed E-state index contributed by atoms with van der Waals surface area (Å²) in [5.74, 6) is 0.895. The molecular weight excluding hydrogens is 320 g/mol. The highest BCUT2D eigenvalue weighted by atomic mass is 15.2. The second-order valence-corrected chi connectivity index (χ2v) is 6.68. The Balaban J connectivity index is 2.03. The molecule has 3 rings (SSSR count). The summed E-state index contributed by atoms with van der Waals surface area (Å²) in [6, 6.07) is 8.70. The first-order valence-electron chi connectivity index (χ1n) is 9.28. The molecule has 0 amide bonds. The number of rotatable bonds is 1. The van der Waals surface area contributed by atoms with E-state index in [9.17, 15) is 0 Å². The van der Waals surface area contributed by atoms with E-state index in [1.54, 1.807) is 0 Å². The van der Waals surface area contributed by atoms with Crippen molar-refractivity contribution in [2.75, 3.05) is 26.7 Å². The van der Waals surface area contributed by atoms with E-state index in [4.69, 9.17) is 4.99 Å². The molecule has 0 spiro atoms. The van der Waals surface area contributed by atoms with Gasteiger partial charge in [-0.3, -0.25) is 0 Å². The lowest BCUT2D eigenvalue weighted by Gasteiger charge is -2.24. The Labute approximate surface area is 156 Å². The first-order valence-corrected chi connectivity index (χ1v) is 9.28. The predicted molar refractivity (Wildman–Crippen MR) is 111 cm³/mol. The lowest BCUT2D eigenvalue weighted by atomic mass is 10.00. The van der Waals surface area contributed by atoms with Crippen molar-refractivity contribution in [2.24, 2.45) is 4.99 Å². The Morgan fingerprint density at radius 1 is 1.19 bits per heavy atom. The average Bonchev–Trinajstić information content (AvgIpc) is 2.65. The van der Waals surface area contributed by atoms with Crippen LogP contribution in [0.1, 0.15) is 24.0 Å². The highest BCUT2D eigenvalue weighted by Gasteiger charge is 2.16. The summed E-state index contributed by atoms with van der Waals surface area (Å²) in [5, 5.41) is 6.90. The van der Waals surface area contributed by atoms with Gasteiger partial charge in [0.15, 0.2) is 0 Å². The zero-order valence-corrected chi connectivity index (χ0v) is 15.6. The summed E-state index contributed by atoms with van der Waals surface area (Å²) >= 11 is 0. The fourth-order valence-electron chi connectivity index (χ4n) is 3.22. The molecule has 2 N–H and O–H groups in total. The van der Waals surface area contributed by atoms with Gasteiger partial charge in [0.05, 0.1) is 11.4 Å². The van der Waals surface area contributed by atoms with Gasteiger partial charge in [0.2, 0.25) is 0 Å². The van der Waals surface area contributed by atoms with Crippen LogP contribution in [0.5, 0.6) is 0 Å². The normalized spacial score (nSPS) is 21.8. The second-order valence-electron chi connectivity index (χ2n) is 6.68. The Bertz CT molecular complexity index is 770. The molecule has 0 saturated carbocycles. The van der Waals surface area contributed by atoms with Crippen molar-refractivity contribution in [1.82, 2.24) is 15.5 Å². The lowest BCUT2D eigenvalue weighted by Crippen LogP contribution is -2.26. The Morgan fingerprint density at radius 2 is 2.04 bits per heavy atom. The van der Waals surface area contributed by atoms with Gasteiger partial charge in [-0.1, -0.05) is 43.5 Å². The van der Waals surface area contributed by atoms with E-state index in [0.717, 1.165) is 67.3 Å². The summed E-state index contributed by atoms with van der Waals surface area (Å²) in [7, 11) is 2.01. The van der Waals surface area contributed by atoms with Crippen molar-refractivity contribution >= 4 is 11.3 Å². The van der Waals surface area contributed by atoms with E-state index in [2.05, 4.69) is 48.1 Å². The monoisotopic (exact) mass is 348 g/mol. The van der Waals surface area contributed by atoms with Crippen LogP contribution in [0, 0.1) is 0 Å². The molecule has 4 heteroatoms. The van der Waals surface area contributed by atoms with Gasteiger partial charge in [-0.2, -0.15) is 0 Å². The summed E-state index contributed by atoms with van der Waals surface area (Å²) in [6.45, 7) is 11.1. The van der Waals surface area contributed by atoms with Crippen molar-refractivity contribution < 1.29 is 0 Å². The second kappa shape index (κ2) is 8.68. The Hall–Kier alpha value is -2.59. The molecule has 0 atom stereocenters. The molecule has 0 fully saturated rings. The molecule has 1 aromatic carbocycles. The molecule has 0 saturated heterocycles. The van der Waals surface area contributed by atoms with Crippen molar-refractivity contribution in [1.29, 1.82) is 0 Å². The molecule has 2 heterocycles. The molecule has 4 bridgehead atoms. The van der Waals surface area contributed by atoms with Gasteiger partial charge in [-0.25, -0.2) is 4.99 Å². The molecule has 0 radical (unpaired) electrons. The van der Waals surface area contributed by atoms with Crippen LogP contribution in [-0.4, -0.2) is 37.3 Å². The van der Waals surface area contributed by atoms with Crippen LogP contribution in [0.2, 0.25) is 0 Å². The van der Waals surface area contributed by atoms with Gasteiger partial charge < -0.3 is 15.5 Å². The van der Waals surface area contributed by atoms with Crippen LogP contribution in [0.3, 0.4) is 0 Å². The van der Waals surface area contributed by atoms with Gasteiger partial charge in [0.25, 0.3) is 0 Å². The van der Waals surface area contributed by atoms with Crippen LogP contribution < -0.4 is 10.6 Å². The van der Waals surface area contributed by atoms with E-state index in [-0.39, 0.29) is 0 Å². The maximum Gasteiger partial charge on any atom is 0.140 e. The third-order valence-corrected chi connectivity index (χ3v) is 4.70. The van der Waals surface area contributed by atoms with Crippen molar-refractivity contribution in [3.05, 3.63) is 78.4 Å². The van der Waals surface area contributed by atoms with E-state index in [0.29, 0.717) is 0 Å². The number of hydrogen-bond acceptors (Lipinski definition) is 4. The largest absolute Gasteiger partial charge is 0.384 e. The zero-order chi connectivity index (χ0) is 18.4. The highest BCUT2D eigenvalue weighted by Crippen LogP contribution is 2.26. The minimum absolute atomic E-state index is 0.858. The highest BCUT2D eigenvalue weighted by molar-refractivity contribution is 6.09. The number of fused-ring (bicyclic) bond motifs is 3. The molecule has 1 aromatic rings. The van der Waals surface area contributed by atoms with Gasteiger partial charge in [-0.15, -0.1) is 0 Å². The SMILES string of the molecule is C=C/C1=C2/N=C(C=CN2C)C(=C)NCCCNCCCc2cccc1c2. The molecule has 0 aliphatic carbocycles. The zero-order valence-electron chi connectivity index (χ0n) is 15.6. The van der Waals surface area contributed by atoms with Crippen LogP contribution in [0.15, 0.2) is 72.3 Å². The predicted octanol–water partition coefficient (Wildman–Crippen LogP) is 3.47. The fraction of sp³-hybridized carbons (Fsp3) is 0.318. The van der Waals surface area contributed by atoms with Crippen LogP contribution >= 0.6 is 0 Å². The van der Waals surface area contributed by atoms with Crippen LogP contribution in [0.4, 0.5) is 0 Å². The fourth-order valence-corrected chi connectivity index (χ4v) is 3.22. The topological polar surface area (TPSA) is 39.7 Å². The van der Waals surface area contributed by atoms with Gasteiger partial charge in [0, 0.05) is 25.4 Å². The molecule has 2 aliphatic heterocycles. The third kappa shape index (κ3) is 4.33. The third-order valence-electron chi connectivity index (χ3n) is 4.70. The summed E-state index contributed by atoms with van der Waals surface area (Å²) in [5.41, 5.74) is 5.26. The van der Waals surface area contributed by atoms with E-state index >= 15 is 0 Å². The van der Waals surface area contributed by atoms with E-state index < -0.39 is 0 Å². The smallest absolute Gasteiger partial charge is 0.140 e. The first kappa shape index (κ1) is 18.2. The standard InChI is InChI=1S/C22H28N4/c1-4-20-19-10-5-8-18(16-19)9-6-12-23-13-7-14-24-17(2)21-11-15-26(3)22(20)25-21/h4-5,8,10-11,15-16,23-24H,1-2,6-7,9,12-14H2,3H3/b22-20+.